The van der Waals surface area contributed by atoms with E-state index in [9.17, 15) is 4.39 Å². The number of rotatable bonds is 12. The maximum absolute atomic E-state index is 13.6. The number of alkyl halides is 1. The minimum Gasteiger partial charge on any atom is -0.493 e. The molecule has 0 fully saturated rings. The van der Waals surface area contributed by atoms with Crippen molar-refractivity contribution >= 4 is 42.9 Å². The third-order valence-corrected chi connectivity index (χ3v) is 11.9. The highest BCUT2D eigenvalue weighted by molar-refractivity contribution is 7.12. The summed E-state index contributed by atoms with van der Waals surface area (Å²) < 4.78 is 37.1. The molecule has 6 nitrogen and oxygen atoms in total. The van der Waals surface area contributed by atoms with Crippen molar-refractivity contribution in [3.8, 4) is 5.75 Å². The molecule has 2 aromatic heterocycles. The Kier molecular flexibility index (Phi) is 9.26. The van der Waals surface area contributed by atoms with E-state index < -0.39 is 15.0 Å². The van der Waals surface area contributed by atoms with Gasteiger partial charge in [0.15, 0.2) is 13.9 Å². The SMILES string of the molecule is CCOC(C)c1ncc(/C=C/c2nc3ccc(OCC(CF)CO[Si](C)(C)C(C)(C)C)cc3o2)s1. The molecule has 3 aromatic rings. The van der Waals surface area contributed by atoms with Gasteiger partial charge in [0.25, 0.3) is 0 Å². The number of halogens is 1. The van der Waals surface area contributed by atoms with Gasteiger partial charge in [0.05, 0.1) is 13.3 Å². The van der Waals surface area contributed by atoms with Crippen molar-refractivity contribution in [1.82, 2.24) is 9.97 Å². The minimum absolute atomic E-state index is 0.0227. The van der Waals surface area contributed by atoms with Crippen LogP contribution in [0, 0.1) is 5.92 Å². The van der Waals surface area contributed by atoms with E-state index in [2.05, 4.69) is 43.8 Å². The van der Waals surface area contributed by atoms with Gasteiger partial charge in [0.1, 0.15) is 22.4 Å². The lowest BCUT2D eigenvalue weighted by Gasteiger charge is -2.37. The largest absolute Gasteiger partial charge is 0.493 e. The highest BCUT2D eigenvalue weighted by Crippen LogP contribution is 2.37. The molecular formula is C26H37FN2O4SSi. The molecule has 0 aliphatic heterocycles. The molecule has 0 amide bonds. The van der Waals surface area contributed by atoms with Crippen LogP contribution >= 0.6 is 11.3 Å². The van der Waals surface area contributed by atoms with Crippen LogP contribution in [0.2, 0.25) is 18.1 Å². The van der Waals surface area contributed by atoms with E-state index in [1.807, 2.05) is 44.3 Å². The van der Waals surface area contributed by atoms with E-state index >= 15 is 0 Å². The standard InChI is InChI=1S/C26H37FN2O4SSi/c1-8-30-18(2)25-28-15-21(34-25)10-12-24-29-22-11-9-20(13-23(22)33-24)31-16-19(14-27)17-32-35(6,7)26(3,4)5/h9-13,15,18-19H,8,14,16-17H2,1-7H3/b12-10+. The normalized spacial score (nSPS) is 14.6. The van der Waals surface area contributed by atoms with Crippen LogP contribution in [0.1, 0.15) is 56.5 Å². The first kappa shape index (κ1) is 27.5. The van der Waals surface area contributed by atoms with Crippen LogP contribution in [0.15, 0.2) is 28.8 Å². The fourth-order valence-electron chi connectivity index (χ4n) is 3.02. The third kappa shape index (κ3) is 7.46. The van der Waals surface area contributed by atoms with Gasteiger partial charge in [0, 0.05) is 42.3 Å². The topological polar surface area (TPSA) is 66.6 Å². The third-order valence-electron chi connectivity index (χ3n) is 6.26. The highest BCUT2D eigenvalue weighted by atomic mass is 32.1. The van der Waals surface area contributed by atoms with Gasteiger partial charge in [-0.2, -0.15) is 0 Å². The molecule has 0 aliphatic rings. The average molecular weight is 521 g/mol. The van der Waals surface area contributed by atoms with Gasteiger partial charge in [0.2, 0.25) is 5.89 Å². The Balaban J connectivity index is 1.60. The van der Waals surface area contributed by atoms with Crippen molar-refractivity contribution in [3.63, 3.8) is 0 Å². The predicted molar refractivity (Wildman–Crippen MR) is 143 cm³/mol. The molecule has 2 atom stereocenters. The maximum atomic E-state index is 13.6. The molecule has 35 heavy (non-hydrogen) atoms. The summed E-state index contributed by atoms with van der Waals surface area (Å²) in [4.78, 5) is 9.92. The smallest absolute Gasteiger partial charge is 0.220 e. The van der Waals surface area contributed by atoms with Crippen molar-refractivity contribution in [2.75, 3.05) is 26.5 Å². The summed E-state index contributed by atoms with van der Waals surface area (Å²) in [6.45, 7) is 15.6. The molecule has 0 spiro atoms. The second kappa shape index (κ2) is 11.8. The van der Waals surface area contributed by atoms with Crippen LogP contribution in [0.4, 0.5) is 4.39 Å². The number of aromatic nitrogens is 2. The quantitative estimate of drug-likeness (QED) is 0.230. The van der Waals surface area contributed by atoms with Crippen LogP contribution in [0.25, 0.3) is 23.3 Å². The summed E-state index contributed by atoms with van der Waals surface area (Å²) in [5.41, 5.74) is 1.35. The van der Waals surface area contributed by atoms with Crippen molar-refractivity contribution in [2.45, 2.75) is 58.9 Å². The summed E-state index contributed by atoms with van der Waals surface area (Å²) in [6, 6.07) is 5.46. The fraction of sp³-hybridized carbons (Fsp3) is 0.538. The maximum Gasteiger partial charge on any atom is 0.220 e. The molecule has 0 bridgehead atoms. The number of hydrogen-bond acceptors (Lipinski definition) is 7. The number of oxazole rings is 1. The number of fused-ring (bicyclic) bond motifs is 1. The van der Waals surface area contributed by atoms with Crippen molar-refractivity contribution < 1.29 is 22.7 Å². The lowest BCUT2D eigenvalue weighted by molar-refractivity contribution is 0.0762. The van der Waals surface area contributed by atoms with Gasteiger partial charge in [-0.15, -0.1) is 11.3 Å². The molecule has 0 N–H and O–H groups in total. The van der Waals surface area contributed by atoms with Crippen LogP contribution < -0.4 is 4.74 Å². The highest BCUT2D eigenvalue weighted by Gasteiger charge is 2.37. The molecule has 192 valence electrons. The van der Waals surface area contributed by atoms with Gasteiger partial charge < -0.3 is 18.3 Å². The van der Waals surface area contributed by atoms with Crippen molar-refractivity contribution in [3.05, 3.63) is 40.2 Å². The Hall–Kier alpha value is -2.07. The van der Waals surface area contributed by atoms with Gasteiger partial charge in [-0.1, -0.05) is 20.8 Å². The summed E-state index contributed by atoms with van der Waals surface area (Å²) in [6.07, 6.45) is 5.54. The number of nitrogens with zero attached hydrogens (tertiary/aromatic N) is 2. The Morgan fingerprint density at radius 2 is 1.97 bits per heavy atom. The number of thiazole rings is 1. The van der Waals surface area contributed by atoms with Crippen LogP contribution in [-0.4, -0.2) is 44.8 Å². The molecule has 3 rings (SSSR count). The first-order valence-electron chi connectivity index (χ1n) is 12.0. The van der Waals surface area contributed by atoms with Crippen molar-refractivity contribution in [1.29, 1.82) is 0 Å². The van der Waals surface area contributed by atoms with Crippen LogP contribution in [0.5, 0.6) is 5.75 Å². The second-order valence-electron chi connectivity index (χ2n) is 10.1. The van der Waals surface area contributed by atoms with E-state index in [1.165, 1.54) is 0 Å². The minimum atomic E-state index is -1.93. The number of benzene rings is 1. The van der Waals surface area contributed by atoms with Crippen molar-refractivity contribution in [2.24, 2.45) is 5.92 Å². The number of ether oxygens (including phenoxy) is 2. The predicted octanol–water partition coefficient (Wildman–Crippen LogP) is 7.54. The monoisotopic (exact) mass is 520 g/mol. The molecule has 2 heterocycles. The van der Waals surface area contributed by atoms with Gasteiger partial charge in [-0.3, -0.25) is 4.39 Å². The molecule has 1 aromatic carbocycles. The van der Waals surface area contributed by atoms with Crippen LogP contribution in [0.3, 0.4) is 0 Å². The summed E-state index contributed by atoms with van der Waals surface area (Å²) in [5.74, 6) is 0.795. The molecule has 0 aliphatic carbocycles. The summed E-state index contributed by atoms with van der Waals surface area (Å²) in [5, 5.41) is 1.02. The Morgan fingerprint density at radius 3 is 2.66 bits per heavy atom. The summed E-state index contributed by atoms with van der Waals surface area (Å²) in [7, 11) is -1.93. The van der Waals surface area contributed by atoms with E-state index in [0.717, 1.165) is 15.4 Å². The van der Waals surface area contributed by atoms with E-state index in [1.54, 1.807) is 17.4 Å². The molecule has 0 saturated carbocycles. The van der Waals surface area contributed by atoms with Gasteiger partial charge in [-0.25, -0.2) is 9.97 Å². The average Bonchev–Trinajstić information content (AvgIpc) is 3.43. The summed E-state index contributed by atoms with van der Waals surface area (Å²) >= 11 is 1.58. The first-order valence-corrected chi connectivity index (χ1v) is 15.7. The van der Waals surface area contributed by atoms with E-state index in [-0.39, 0.29) is 23.7 Å². The molecule has 0 saturated heterocycles. The zero-order valence-electron chi connectivity index (χ0n) is 21.8. The lowest BCUT2D eigenvalue weighted by Crippen LogP contribution is -2.42. The Bertz CT molecular complexity index is 1120. The zero-order chi connectivity index (χ0) is 25.6. The molecular weight excluding hydrogens is 483 g/mol. The zero-order valence-corrected chi connectivity index (χ0v) is 23.6. The first-order chi connectivity index (χ1) is 16.5. The van der Waals surface area contributed by atoms with Crippen LogP contribution in [-0.2, 0) is 9.16 Å². The molecule has 9 heteroatoms. The van der Waals surface area contributed by atoms with Gasteiger partial charge in [-0.05, 0) is 50.2 Å². The lowest BCUT2D eigenvalue weighted by atomic mass is 10.2. The fourth-order valence-corrected chi connectivity index (χ4v) is 4.93. The molecule has 0 radical (unpaired) electrons. The Labute approximate surface area is 212 Å². The second-order valence-corrected chi connectivity index (χ2v) is 16.0. The number of hydrogen-bond donors (Lipinski definition) is 0. The Morgan fingerprint density at radius 1 is 1.20 bits per heavy atom. The molecule has 2 unspecified atom stereocenters. The van der Waals surface area contributed by atoms with E-state index in [0.29, 0.717) is 30.4 Å². The van der Waals surface area contributed by atoms with Gasteiger partial charge >= 0.3 is 0 Å². The van der Waals surface area contributed by atoms with E-state index in [4.69, 9.17) is 18.3 Å².